The summed E-state index contributed by atoms with van der Waals surface area (Å²) >= 11 is 6.62. The topological polar surface area (TPSA) is 12.0 Å². The van der Waals surface area contributed by atoms with Crippen LogP contribution in [0.15, 0.2) is 0 Å². The van der Waals surface area contributed by atoms with Crippen molar-refractivity contribution in [3.8, 4) is 0 Å². The van der Waals surface area contributed by atoms with Crippen molar-refractivity contribution in [1.82, 2.24) is 4.98 Å². The lowest BCUT2D eigenvalue weighted by molar-refractivity contribution is 0.789. The molecule has 0 amide bonds. The van der Waals surface area contributed by atoms with Crippen LogP contribution < -0.4 is 4.98 Å². The molecule has 0 aromatic carbocycles. The minimum atomic E-state index is -1.63. The molecule has 0 rings (SSSR count). The van der Waals surface area contributed by atoms with Crippen LogP contribution in [0.4, 0.5) is 0 Å². The second kappa shape index (κ2) is 6.00. The van der Waals surface area contributed by atoms with Crippen molar-refractivity contribution < 1.29 is 0 Å². The molecule has 0 heterocycles. The van der Waals surface area contributed by atoms with E-state index in [9.17, 15) is 0 Å². The summed E-state index contributed by atoms with van der Waals surface area (Å²) in [5.74, 6) is 0. The number of rotatable bonds is 6. The van der Waals surface area contributed by atoms with Crippen LogP contribution in [0.3, 0.4) is 0 Å². The third-order valence-corrected chi connectivity index (χ3v) is 8.70. The van der Waals surface area contributed by atoms with Gasteiger partial charge in [0.1, 0.15) is 0 Å². The van der Waals surface area contributed by atoms with Crippen molar-refractivity contribution in [2.75, 3.05) is 6.54 Å². The molecule has 0 aromatic heterocycles. The molecule has 0 radical (unpaired) electrons. The van der Waals surface area contributed by atoms with Gasteiger partial charge in [0.15, 0.2) is 0 Å². The van der Waals surface area contributed by atoms with E-state index < -0.39 is 7.55 Å². The Morgan fingerprint density at radius 2 is 1.92 bits per heavy atom. The molecule has 2 atom stereocenters. The van der Waals surface area contributed by atoms with E-state index in [0.717, 1.165) is 6.54 Å². The maximum absolute atomic E-state index is 6.62. The van der Waals surface area contributed by atoms with Gasteiger partial charge in [-0.05, 0) is 18.1 Å². The molecule has 2 unspecified atom stereocenters. The number of hydrogen-bond acceptors (Lipinski definition) is 1. The van der Waals surface area contributed by atoms with Crippen LogP contribution >= 0.6 is 11.1 Å². The van der Waals surface area contributed by atoms with Gasteiger partial charge in [-0.25, -0.2) is 0 Å². The summed E-state index contributed by atoms with van der Waals surface area (Å²) in [5, 5.41) is 0. The molecule has 1 nitrogen and oxygen atoms in total. The van der Waals surface area contributed by atoms with E-state index in [4.69, 9.17) is 11.1 Å². The summed E-state index contributed by atoms with van der Waals surface area (Å²) in [6.07, 6.45) is 2.40. The third-order valence-electron chi connectivity index (χ3n) is 2.48. The second-order valence-electron chi connectivity index (χ2n) is 3.45. The quantitative estimate of drug-likeness (QED) is 0.520. The zero-order valence-electron chi connectivity index (χ0n) is 8.78. The molecule has 0 fully saturated rings. The van der Waals surface area contributed by atoms with Gasteiger partial charge in [0.2, 0.25) is 7.55 Å². The van der Waals surface area contributed by atoms with Gasteiger partial charge in [-0.3, -0.25) is 0 Å². The molecule has 0 spiro atoms. The van der Waals surface area contributed by atoms with Crippen LogP contribution in [0.2, 0.25) is 11.6 Å². The fourth-order valence-corrected chi connectivity index (χ4v) is 5.90. The van der Waals surface area contributed by atoms with Gasteiger partial charge in [-0.15, -0.1) is 11.1 Å². The molecule has 0 bridgehead atoms. The summed E-state index contributed by atoms with van der Waals surface area (Å²) < 4.78 is 0. The molecular formula is C9H22ClNSi. The smallest absolute Gasteiger partial charge is 0.229 e. The highest BCUT2D eigenvalue weighted by atomic mass is 35.6. The van der Waals surface area contributed by atoms with Gasteiger partial charge in [0.05, 0.1) is 0 Å². The Morgan fingerprint density at radius 3 is 2.25 bits per heavy atom. The zero-order valence-corrected chi connectivity index (χ0v) is 10.5. The van der Waals surface area contributed by atoms with Crippen LogP contribution in [0, 0.1) is 0 Å². The minimum Gasteiger partial charge on any atom is -0.325 e. The van der Waals surface area contributed by atoms with E-state index >= 15 is 0 Å². The Hall–Kier alpha value is 0.467. The van der Waals surface area contributed by atoms with Crippen molar-refractivity contribution in [1.29, 1.82) is 0 Å². The lowest BCUT2D eigenvalue weighted by atomic mass is 10.4. The van der Waals surface area contributed by atoms with E-state index in [1.54, 1.807) is 0 Å². The Morgan fingerprint density at radius 1 is 1.33 bits per heavy atom. The zero-order chi connectivity index (χ0) is 9.61. The lowest BCUT2D eigenvalue weighted by Gasteiger charge is -2.30. The molecule has 3 heteroatoms. The largest absolute Gasteiger partial charge is 0.325 e. The number of nitrogens with one attached hydrogen (secondary N) is 1. The molecule has 0 aliphatic heterocycles. The van der Waals surface area contributed by atoms with Gasteiger partial charge in [-0.2, -0.15) is 0 Å². The average molecular weight is 208 g/mol. The lowest BCUT2D eigenvalue weighted by Crippen LogP contribution is -2.48. The van der Waals surface area contributed by atoms with E-state index in [-0.39, 0.29) is 0 Å². The van der Waals surface area contributed by atoms with Gasteiger partial charge in [0, 0.05) is 0 Å². The average Bonchev–Trinajstić information content (AvgIpc) is 2.04. The summed E-state index contributed by atoms with van der Waals surface area (Å²) in [6.45, 7) is 9.87. The van der Waals surface area contributed by atoms with Crippen LogP contribution in [0.5, 0.6) is 0 Å². The highest BCUT2D eigenvalue weighted by Gasteiger charge is 2.34. The first-order chi connectivity index (χ1) is 5.60. The number of hydrogen-bond donors (Lipinski definition) is 1. The predicted molar refractivity (Wildman–Crippen MR) is 60.1 cm³/mol. The molecule has 0 saturated heterocycles. The second-order valence-corrected chi connectivity index (χ2v) is 9.04. The van der Waals surface area contributed by atoms with Crippen LogP contribution in [0.1, 0.15) is 40.5 Å². The summed E-state index contributed by atoms with van der Waals surface area (Å²) in [4.78, 5) is 3.51. The Balaban J connectivity index is 4.15. The van der Waals surface area contributed by atoms with Crippen LogP contribution in [-0.2, 0) is 0 Å². The van der Waals surface area contributed by atoms with E-state index in [1.165, 1.54) is 18.9 Å². The Labute approximate surface area is 82.7 Å². The summed E-state index contributed by atoms with van der Waals surface area (Å²) in [7, 11) is -1.63. The maximum Gasteiger partial charge on any atom is 0.229 e. The third kappa shape index (κ3) is 3.46. The Bertz CT molecular complexity index is 113. The normalized spacial score (nSPS) is 18.8. The molecule has 0 aliphatic rings. The van der Waals surface area contributed by atoms with E-state index in [2.05, 4.69) is 32.7 Å². The van der Waals surface area contributed by atoms with Gasteiger partial charge in [0.25, 0.3) is 0 Å². The molecular weight excluding hydrogens is 186 g/mol. The first-order valence-electron chi connectivity index (χ1n) is 5.04. The highest BCUT2D eigenvalue weighted by Crippen LogP contribution is 2.30. The van der Waals surface area contributed by atoms with Crippen molar-refractivity contribution >= 4 is 18.6 Å². The minimum absolute atomic E-state index is 0.680. The Kier molecular flexibility index (Phi) is 6.24. The standard InChI is InChI=1S/C9H22ClNSi/c1-5-8-12(10,11-7-3)9(4)6-2/h9,11H,5-8H2,1-4H3. The number of halogens is 1. The maximum atomic E-state index is 6.62. The predicted octanol–water partition coefficient (Wildman–Crippen LogP) is 3.49. The summed E-state index contributed by atoms with van der Waals surface area (Å²) in [5.41, 5.74) is 0.680. The first-order valence-corrected chi connectivity index (χ1v) is 8.34. The molecule has 0 saturated carbocycles. The van der Waals surface area contributed by atoms with Crippen molar-refractivity contribution in [2.45, 2.75) is 52.1 Å². The van der Waals surface area contributed by atoms with E-state index in [1.807, 2.05) is 0 Å². The molecule has 12 heavy (non-hydrogen) atoms. The molecule has 0 aromatic rings. The first kappa shape index (κ1) is 12.5. The van der Waals surface area contributed by atoms with Gasteiger partial charge < -0.3 is 4.98 Å². The molecule has 0 aliphatic carbocycles. The van der Waals surface area contributed by atoms with E-state index in [0.29, 0.717) is 5.54 Å². The van der Waals surface area contributed by atoms with Crippen molar-refractivity contribution in [3.63, 3.8) is 0 Å². The van der Waals surface area contributed by atoms with Crippen LogP contribution in [-0.4, -0.2) is 14.1 Å². The fourth-order valence-electron chi connectivity index (χ4n) is 1.49. The SMILES string of the molecule is CCC[Si](Cl)(NCC)C(C)CC. The highest BCUT2D eigenvalue weighted by molar-refractivity contribution is 7.19. The van der Waals surface area contributed by atoms with Gasteiger partial charge >= 0.3 is 0 Å². The molecule has 1 N–H and O–H groups in total. The van der Waals surface area contributed by atoms with Crippen molar-refractivity contribution in [3.05, 3.63) is 0 Å². The monoisotopic (exact) mass is 207 g/mol. The van der Waals surface area contributed by atoms with Gasteiger partial charge in [-0.1, -0.05) is 40.5 Å². The fraction of sp³-hybridized carbons (Fsp3) is 1.00. The van der Waals surface area contributed by atoms with Crippen molar-refractivity contribution in [2.24, 2.45) is 0 Å². The summed E-state index contributed by atoms with van der Waals surface area (Å²) in [6, 6.07) is 1.19. The van der Waals surface area contributed by atoms with Crippen LogP contribution in [0.25, 0.3) is 0 Å². The molecule has 74 valence electrons.